The summed E-state index contributed by atoms with van der Waals surface area (Å²) >= 11 is 3.35. The average molecular weight is 388 g/mol. The Morgan fingerprint density at radius 3 is 2.60 bits per heavy atom. The van der Waals surface area contributed by atoms with Gasteiger partial charge >= 0.3 is 0 Å². The Labute approximate surface area is 155 Å². The van der Waals surface area contributed by atoms with Crippen LogP contribution in [0.4, 0.5) is 0 Å². The van der Waals surface area contributed by atoms with Gasteiger partial charge in [-0.2, -0.15) is 22.7 Å². The van der Waals surface area contributed by atoms with E-state index in [1.807, 2.05) is 12.1 Å². The standard InChI is InChI=1S/C19H17NO2S3/c21-25(22)18-2-1-14(15-4-6-24-12-15)7-16(18)17-9-20(10-19(17)25)8-13-3-5-23-11-13/h1-7,11-12,17,19H,8-10H2. The molecule has 5 rings (SSSR count). The molecular formula is C19H17NO2S3. The van der Waals surface area contributed by atoms with Gasteiger partial charge in [0, 0.05) is 25.6 Å². The van der Waals surface area contributed by atoms with Gasteiger partial charge < -0.3 is 0 Å². The van der Waals surface area contributed by atoms with Crippen molar-refractivity contribution in [2.24, 2.45) is 0 Å². The first kappa shape index (κ1) is 15.8. The van der Waals surface area contributed by atoms with Crippen LogP contribution >= 0.6 is 22.7 Å². The van der Waals surface area contributed by atoms with E-state index in [0.717, 1.165) is 24.2 Å². The van der Waals surface area contributed by atoms with Crippen molar-refractivity contribution in [2.45, 2.75) is 22.6 Å². The van der Waals surface area contributed by atoms with Crippen molar-refractivity contribution in [1.29, 1.82) is 0 Å². The molecule has 2 unspecified atom stereocenters. The van der Waals surface area contributed by atoms with Crippen LogP contribution in [0.2, 0.25) is 0 Å². The second kappa shape index (κ2) is 5.77. The van der Waals surface area contributed by atoms with Gasteiger partial charge in [0.05, 0.1) is 10.1 Å². The number of hydrogen-bond acceptors (Lipinski definition) is 5. The first-order chi connectivity index (χ1) is 12.1. The Bertz CT molecular complexity index is 1010. The van der Waals surface area contributed by atoms with Crippen molar-refractivity contribution in [3.8, 4) is 11.1 Å². The Morgan fingerprint density at radius 2 is 1.84 bits per heavy atom. The van der Waals surface area contributed by atoms with Crippen LogP contribution < -0.4 is 0 Å². The fourth-order valence-corrected chi connectivity index (χ4v) is 7.62. The maximum atomic E-state index is 13.0. The molecule has 25 heavy (non-hydrogen) atoms. The lowest BCUT2D eigenvalue weighted by Gasteiger charge is -2.16. The molecule has 0 saturated carbocycles. The molecule has 2 aliphatic heterocycles. The summed E-state index contributed by atoms with van der Waals surface area (Å²) in [5.74, 6) is 0.0946. The van der Waals surface area contributed by atoms with E-state index in [9.17, 15) is 8.42 Å². The Morgan fingerprint density at radius 1 is 1.00 bits per heavy atom. The second-order valence-corrected chi connectivity index (χ2v) is 10.5. The molecule has 1 aromatic carbocycles. The lowest BCUT2D eigenvalue weighted by Crippen LogP contribution is -2.25. The van der Waals surface area contributed by atoms with Gasteiger partial charge in [0.1, 0.15) is 0 Å². The van der Waals surface area contributed by atoms with E-state index in [-0.39, 0.29) is 11.2 Å². The predicted octanol–water partition coefficient (Wildman–Crippen LogP) is 4.23. The smallest absolute Gasteiger partial charge is 0.183 e. The maximum Gasteiger partial charge on any atom is 0.183 e. The van der Waals surface area contributed by atoms with Crippen molar-refractivity contribution in [3.05, 3.63) is 63.0 Å². The third-order valence-electron chi connectivity index (χ3n) is 5.30. The van der Waals surface area contributed by atoms with E-state index in [4.69, 9.17) is 0 Å². The van der Waals surface area contributed by atoms with Gasteiger partial charge in [-0.1, -0.05) is 6.07 Å². The molecule has 4 heterocycles. The zero-order chi connectivity index (χ0) is 17.0. The molecule has 2 aliphatic rings. The van der Waals surface area contributed by atoms with Gasteiger partial charge in [0.2, 0.25) is 0 Å². The monoisotopic (exact) mass is 387 g/mol. The Balaban J connectivity index is 1.51. The maximum absolute atomic E-state index is 13.0. The van der Waals surface area contributed by atoms with Crippen LogP contribution in [0.1, 0.15) is 17.0 Å². The van der Waals surface area contributed by atoms with Crippen LogP contribution in [-0.4, -0.2) is 31.7 Å². The first-order valence-corrected chi connectivity index (χ1v) is 11.7. The summed E-state index contributed by atoms with van der Waals surface area (Å²) in [5.41, 5.74) is 4.57. The van der Waals surface area contributed by atoms with Crippen LogP contribution in [0, 0.1) is 0 Å². The van der Waals surface area contributed by atoms with Gasteiger partial charge in [-0.3, -0.25) is 4.90 Å². The largest absolute Gasteiger partial charge is 0.297 e. The highest BCUT2D eigenvalue weighted by Crippen LogP contribution is 2.46. The molecule has 2 aromatic heterocycles. The quantitative estimate of drug-likeness (QED) is 0.675. The zero-order valence-electron chi connectivity index (χ0n) is 13.5. The highest BCUT2D eigenvalue weighted by Gasteiger charge is 2.50. The van der Waals surface area contributed by atoms with E-state index in [0.29, 0.717) is 11.4 Å². The Hall–Kier alpha value is -1.47. The number of benzene rings is 1. The molecule has 0 N–H and O–H groups in total. The van der Waals surface area contributed by atoms with Gasteiger partial charge in [-0.05, 0) is 68.0 Å². The van der Waals surface area contributed by atoms with Crippen LogP contribution in [0.15, 0.2) is 56.7 Å². The van der Waals surface area contributed by atoms with Crippen molar-refractivity contribution in [1.82, 2.24) is 4.90 Å². The third kappa shape index (κ3) is 2.51. The number of hydrogen-bond donors (Lipinski definition) is 0. The highest BCUT2D eigenvalue weighted by atomic mass is 32.2. The Kier molecular flexibility index (Phi) is 3.64. The lowest BCUT2D eigenvalue weighted by atomic mass is 9.95. The van der Waals surface area contributed by atoms with Crippen LogP contribution in [0.25, 0.3) is 11.1 Å². The molecule has 3 nitrogen and oxygen atoms in total. The molecule has 0 amide bonds. The second-order valence-electron chi connectivity index (χ2n) is 6.78. The van der Waals surface area contributed by atoms with Crippen molar-refractivity contribution < 1.29 is 8.42 Å². The van der Waals surface area contributed by atoms with Gasteiger partial charge in [-0.25, -0.2) is 8.42 Å². The minimum absolute atomic E-state index is 0.0946. The summed E-state index contributed by atoms with van der Waals surface area (Å²) < 4.78 is 26.0. The van der Waals surface area contributed by atoms with E-state index in [1.54, 1.807) is 22.7 Å². The summed E-state index contributed by atoms with van der Waals surface area (Å²) in [6, 6.07) is 10.1. The SMILES string of the molecule is O=S1(=O)c2ccc(-c3ccsc3)cc2C2CN(Cc3ccsc3)CC21. The van der Waals surface area contributed by atoms with Crippen LogP contribution in [0.5, 0.6) is 0 Å². The van der Waals surface area contributed by atoms with Crippen LogP contribution in [-0.2, 0) is 16.4 Å². The van der Waals surface area contributed by atoms with Gasteiger partial charge in [0.25, 0.3) is 0 Å². The molecular weight excluding hydrogens is 370 g/mol. The first-order valence-electron chi connectivity index (χ1n) is 8.27. The van der Waals surface area contributed by atoms with Gasteiger partial charge in [-0.15, -0.1) is 0 Å². The van der Waals surface area contributed by atoms with Crippen molar-refractivity contribution in [3.63, 3.8) is 0 Å². The molecule has 2 atom stereocenters. The zero-order valence-corrected chi connectivity index (χ0v) is 15.9. The van der Waals surface area contributed by atoms with E-state index in [1.165, 1.54) is 11.1 Å². The fourth-order valence-electron chi connectivity index (χ4n) is 4.10. The molecule has 0 aliphatic carbocycles. The summed E-state index contributed by atoms with van der Waals surface area (Å²) in [4.78, 5) is 2.84. The fraction of sp³-hybridized carbons (Fsp3) is 0.263. The van der Waals surface area contributed by atoms with E-state index < -0.39 is 9.84 Å². The molecule has 0 bridgehead atoms. The number of sulfone groups is 1. The van der Waals surface area contributed by atoms with Crippen molar-refractivity contribution >= 4 is 32.5 Å². The minimum Gasteiger partial charge on any atom is -0.297 e. The molecule has 128 valence electrons. The number of nitrogens with zero attached hydrogens (tertiary/aromatic N) is 1. The number of rotatable bonds is 3. The minimum atomic E-state index is -3.22. The summed E-state index contributed by atoms with van der Waals surface area (Å²) in [5, 5.41) is 8.09. The predicted molar refractivity (Wildman–Crippen MR) is 103 cm³/mol. The number of fused-ring (bicyclic) bond motifs is 3. The molecule has 0 spiro atoms. The summed E-state index contributed by atoms with van der Waals surface area (Å²) in [6.07, 6.45) is 0. The normalized spacial score (nSPS) is 24.3. The van der Waals surface area contributed by atoms with Gasteiger partial charge in [0.15, 0.2) is 9.84 Å². The summed E-state index contributed by atoms with van der Waals surface area (Å²) in [6.45, 7) is 2.29. The number of thiophene rings is 2. The van der Waals surface area contributed by atoms with E-state index >= 15 is 0 Å². The topological polar surface area (TPSA) is 37.4 Å². The molecule has 3 aromatic rings. The van der Waals surface area contributed by atoms with Crippen molar-refractivity contribution in [2.75, 3.05) is 13.1 Å². The molecule has 6 heteroatoms. The lowest BCUT2D eigenvalue weighted by molar-refractivity contribution is 0.326. The van der Waals surface area contributed by atoms with Crippen LogP contribution in [0.3, 0.4) is 0 Å². The molecule has 1 saturated heterocycles. The number of likely N-dealkylation sites (tertiary alicyclic amines) is 1. The highest BCUT2D eigenvalue weighted by molar-refractivity contribution is 7.92. The molecule has 0 radical (unpaired) electrons. The van der Waals surface area contributed by atoms with E-state index in [2.05, 4.69) is 44.6 Å². The average Bonchev–Trinajstić information content (AvgIpc) is 3.37. The molecule has 1 fully saturated rings. The third-order valence-corrected chi connectivity index (χ3v) is 8.97. The summed E-state index contributed by atoms with van der Waals surface area (Å²) in [7, 11) is -3.22.